The molecule has 300 valence electrons. The van der Waals surface area contributed by atoms with Crippen LogP contribution in [0.15, 0.2) is 192 Å². The fourth-order valence-corrected chi connectivity index (χ4v) is 9.78. The lowest BCUT2D eigenvalue weighted by Gasteiger charge is -2.28. The summed E-state index contributed by atoms with van der Waals surface area (Å²) in [6.45, 7) is 7.06. The van der Waals surface area contributed by atoms with Gasteiger partial charge in [-0.15, -0.1) is 0 Å². The predicted octanol–water partition coefficient (Wildman–Crippen LogP) is 15.9. The summed E-state index contributed by atoms with van der Waals surface area (Å²) in [6, 6.07) is 67.5. The lowest BCUT2D eigenvalue weighted by Crippen LogP contribution is -2.27. The summed E-state index contributed by atoms with van der Waals surface area (Å²) in [5.41, 5.74) is 15.2. The minimum Gasteiger partial charge on any atom is -0.455 e. The van der Waals surface area contributed by atoms with E-state index in [0.717, 1.165) is 66.5 Å². The summed E-state index contributed by atoms with van der Waals surface area (Å²) in [5, 5.41) is 4.60. The third-order valence-electron chi connectivity index (χ3n) is 13.0. The van der Waals surface area contributed by atoms with E-state index < -0.39 is 0 Å². The molecule has 0 saturated heterocycles. The molecule has 2 atom stereocenters. The second-order valence-electron chi connectivity index (χ2n) is 17.2. The molecule has 4 nitrogen and oxygen atoms in total. The first-order valence-electron chi connectivity index (χ1n) is 21.9. The third kappa shape index (κ3) is 6.64. The summed E-state index contributed by atoms with van der Waals surface area (Å²) in [6.07, 6.45) is 2.44. The highest BCUT2D eigenvalue weighted by molar-refractivity contribution is 6.09. The van der Waals surface area contributed by atoms with Crippen LogP contribution in [0, 0.1) is 5.92 Å². The van der Waals surface area contributed by atoms with Crippen molar-refractivity contribution in [3.8, 4) is 56.2 Å². The largest absolute Gasteiger partial charge is 0.455 e. The van der Waals surface area contributed by atoms with Gasteiger partial charge >= 0.3 is 0 Å². The van der Waals surface area contributed by atoms with Crippen molar-refractivity contribution in [2.24, 2.45) is 5.92 Å². The molecule has 2 aromatic heterocycles. The number of para-hydroxylation sites is 3. The third-order valence-corrected chi connectivity index (χ3v) is 13.0. The molecule has 0 radical (unpaired) electrons. The van der Waals surface area contributed by atoms with Crippen LogP contribution in [0.1, 0.15) is 45.1 Å². The Labute approximate surface area is 363 Å². The van der Waals surface area contributed by atoms with Crippen LogP contribution in [0.4, 0.5) is 11.4 Å². The van der Waals surface area contributed by atoms with Gasteiger partial charge in [0, 0.05) is 56.4 Å². The van der Waals surface area contributed by atoms with E-state index in [2.05, 4.69) is 183 Å². The standard InChI is InChI=1S/C58H47N3O/c1-37(2)24-33-44-38(3)61(55-22-11-9-18-50(44)55)43-31-29-39(30-32-43)45-34-35-49(48-17-8-7-16-47(45)48)54-36-53(59-58(60-54)42-14-5-4-6-15-42)41-27-25-40(26-28-41)46-20-13-21-52-51-19-10-12-23-56(51)62-57(46)52/h4-23,25-32,34-38,44H,24,33H2,1-3H3. The quantitative estimate of drug-likeness (QED) is 0.146. The number of hydrogen-bond donors (Lipinski definition) is 0. The molecule has 3 heterocycles. The van der Waals surface area contributed by atoms with Crippen LogP contribution in [-0.4, -0.2) is 16.0 Å². The lowest BCUT2D eigenvalue weighted by atomic mass is 9.89. The zero-order valence-electron chi connectivity index (χ0n) is 35.3. The fraction of sp³-hybridized carbons (Fsp3) is 0.138. The van der Waals surface area contributed by atoms with Crippen LogP contribution < -0.4 is 4.90 Å². The molecule has 10 aromatic rings. The van der Waals surface area contributed by atoms with Crippen LogP contribution in [0.3, 0.4) is 0 Å². The molecule has 0 bridgehead atoms. The van der Waals surface area contributed by atoms with Gasteiger partial charge in [-0.25, -0.2) is 9.97 Å². The number of benzene rings is 8. The number of anilines is 2. The van der Waals surface area contributed by atoms with Gasteiger partial charge in [-0.3, -0.25) is 0 Å². The Balaban J connectivity index is 0.956. The molecule has 62 heavy (non-hydrogen) atoms. The van der Waals surface area contributed by atoms with E-state index in [1.807, 2.05) is 30.3 Å². The normalized spacial score (nSPS) is 14.9. The molecule has 0 N–H and O–H groups in total. The number of rotatable bonds is 9. The molecule has 2 unspecified atom stereocenters. The Morgan fingerprint density at radius 3 is 1.92 bits per heavy atom. The predicted molar refractivity (Wildman–Crippen MR) is 259 cm³/mol. The van der Waals surface area contributed by atoms with Crippen molar-refractivity contribution in [1.82, 2.24) is 9.97 Å². The van der Waals surface area contributed by atoms with E-state index in [1.165, 1.54) is 46.3 Å². The number of aromatic nitrogens is 2. The maximum atomic E-state index is 6.39. The summed E-state index contributed by atoms with van der Waals surface area (Å²) >= 11 is 0. The van der Waals surface area contributed by atoms with Gasteiger partial charge in [0.15, 0.2) is 5.82 Å². The second kappa shape index (κ2) is 15.6. The molecule has 0 aliphatic carbocycles. The monoisotopic (exact) mass is 801 g/mol. The van der Waals surface area contributed by atoms with Crippen LogP contribution >= 0.6 is 0 Å². The second-order valence-corrected chi connectivity index (χ2v) is 17.2. The zero-order valence-corrected chi connectivity index (χ0v) is 35.3. The molecule has 1 aliphatic rings. The number of nitrogens with zero attached hydrogens (tertiary/aromatic N) is 3. The first-order chi connectivity index (χ1) is 30.5. The van der Waals surface area contributed by atoms with Gasteiger partial charge in [0.25, 0.3) is 0 Å². The van der Waals surface area contributed by atoms with Crippen LogP contribution in [-0.2, 0) is 0 Å². The Bertz CT molecular complexity index is 3240. The maximum absolute atomic E-state index is 6.39. The Morgan fingerprint density at radius 2 is 1.13 bits per heavy atom. The van der Waals surface area contributed by atoms with Crippen molar-refractivity contribution in [3.05, 3.63) is 194 Å². The summed E-state index contributed by atoms with van der Waals surface area (Å²) in [7, 11) is 0. The summed E-state index contributed by atoms with van der Waals surface area (Å²) in [5.74, 6) is 1.92. The average molecular weight is 802 g/mol. The van der Waals surface area contributed by atoms with Gasteiger partial charge in [-0.2, -0.15) is 0 Å². The van der Waals surface area contributed by atoms with E-state index in [1.54, 1.807) is 0 Å². The molecule has 0 spiro atoms. The van der Waals surface area contributed by atoms with Crippen molar-refractivity contribution >= 4 is 44.1 Å². The summed E-state index contributed by atoms with van der Waals surface area (Å²) in [4.78, 5) is 13.0. The van der Waals surface area contributed by atoms with E-state index in [-0.39, 0.29) is 0 Å². The van der Waals surface area contributed by atoms with Gasteiger partial charge in [0.1, 0.15) is 11.2 Å². The van der Waals surface area contributed by atoms with Crippen molar-refractivity contribution in [2.75, 3.05) is 4.90 Å². The van der Waals surface area contributed by atoms with Gasteiger partial charge in [-0.05, 0) is 82.6 Å². The molecule has 1 aliphatic heterocycles. The van der Waals surface area contributed by atoms with Gasteiger partial charge in [0.05, 0.1) is 11.4 Å². The average Bonchev–Trinajstić information content (AvgIpc) is 3.85. The van der Waals surface area contributed by atoms with Crippen LogP contribution in [0.2, 0.25) is 0 Å². The van der Waals surface area contributed by atoms with Gasteiger partial charge < -0.3 is 9.32 Å². The molecule has 0 fully saturated rings. The molecular weight excluding hydrogens is 755 g/mol. The van der Waals surface area contributed by atoms with Crippen molar-refractivity contribution in [2.45, 2.75) is 45.6 Å². The first-order valence-corrected chi connectivity index (χ1v) is 21.9. The van der Waals surface area contributed by atoms with E-state index >= 15 is 0 Å². The molecular formula is C58H47N3O. The Kier molecular flexibility index (Phi) is 9.50. The van der Waals surface area contributed by atoms with Crippen LogP contribution in [0.5, 0.6) is 0 Å². The molecule has 8 aromatic carbocycles. The minimum absolute atomic E-state index is 0.395. The highest BCUT2D eigenvalue weighted by Crippen LogP contribution is 2.48. The highest BCUT2D eigenvalue weighted by atomic mass is 16.3. The van der Waals surface area contributed by atoms with Gasteiger partial charge in [-0.1, -0.05) is 178 Å². The van der Waals surface area contributed by atoms with Crippen molar-refractivity contribution in [1.29, 1.82) is 0 Å². The molecule has 0 saturated carbocycles. The van der Waals surface area contributed by atoms with Crippen molar-refractivity contribution in [3.63, 3.8) is 0 Å². The summed E-state index contributed by atoms with van der Waals surface area (Å²) < 4.78 is 6.39. The smallest absolute Gasteiger partial charge is 0.160 e. The number of furan rings is 1. The zero-order chi connectivity index (χ0) is 41.7. The molecule has 4 heteroatoms. The highest BCUT2D eigenvalue weighted by Gasteiger charge is 2.36. The Morgan fingerprint density at radius 1 is 0.516 bits per heavy atom. The SMILES string of the molecule is CC(C)CCC1c2ccccc2N(c2ccc(-c3ccc(-c4cc(-c5ccc(-c6cccc7c6oc6ccccc67)cc5)nc(-c5ccccc5)n4)c4ccccc34)cc2)C1C. The molecule has 11 rings (SSSR count). The van der Waals surface area contributed by atoms with Gasteiger partial charge in [0.2, 0.25) is 0 Å². The van der Waals surface area contributed by atoms with E-state index in [9.17, 15) is 0 Å². The van der Waals surface area contributed by atoms with Crippen LogP contribution in [0.25, 0.3) is 88.9 Å². The topological polar surface area (TPSA) is 42.2 Å². The Hall–Kier alpha value is -7.30. The van der Waals surface area contributed by atoms with E-state index in [0.29, 0.717) is 23.7 Å². The maximum Gasteiger partial charge on any atom is 0.160 e. The number of fused-ring (bicyclic) bond motifs is 5. The van der Waals surface area contributed by atoms with E-state index in [4.69, 9.17) is 14.4 Å². The lowest BCUT2D eigenvalue weighted by molar-refractivity contribution is 0.473. The van der Waals surface area contributed by atoms with Crippen molar-refractivity contribution < 1.29 is 4.42 Å². The first kappa shape index (κ1) is 37.7. The minimum atomic E-state index is 0.395. The number of hydrogen-bond acceptors (Lipinski definition) is 4. The fourth-order valence-electron chi connectivity index (χ4n) is 9.78. The molecule has 0 amide bonds.